The van der Waals surface area contributed by atoms with E-state index in [0.29, 0.717) is 6.61 Å². The second kappa shape index (κ2) is 8.95. The van der Waals surface area contributed by atoms with Crippen LogP contribution in [0.1, 0.15) is 41.7 Å². The highest BCUT2D eigenvalue weighted by atomic mass is 32.2. The Balaban J connectivity index is 2.27. The van der Waals surface area contributed by atoms with Gasteiger partial charge in [0.05, 0.1) is 5.69 Å². The van der Waals surface area contributed by atoms with Crippen LogP contribution in [0.4, 0.5) is 10.5 Å². The lowest BCUT2D eigenvalue weighted by Crippen LogP contribution is -2.10. The molecule has 1 N–H and O–H groups in total. The molecule has 0 atom stereocenters. The summed E-state index contributed by atoms with van der Waals surface area (Å²) in [6, 6.07) is 10.6. The number of carbonyl (C=O) groups excluding carboxylic acids is 1. The number of hydrogen-bond acceptors (Lipinski definition) is 3. The molecule has 3 nitrogen and oxygen atoms in total. The van der Waals surface area contributed by atoms with E-state index >= 15 is 0 Å². The minimum absolute atomic E-state index is 0.0583. The van der Waals surface area contributed by atoms with Gasteiger partial charge in [-0.2, -0.15) is 0 Å². The van der Waals surface area contributed by atoms with Gasteiger partial charge in [-0.1, -0.05) is 49.9 Å². The minimum atomic E-state index is -0.0583. The third-order valence-corrected chi connectivity index (χ3v) is 4.80. The molecule has 25 heavy (non-hydrogen) atoms. The molecule has 0 aliphatic rings. The van der Waals surface area contributed by atoms with Crippen molar-refractivity contribution < 1.29 is 9.53 Å². The monoisotopic (exact) mass is 357 g/mol. The molecule has 0 heterocycles. The lowest BCUT2D eigenvalue weighted by molar-refractivity contribution is 0.269. The Kier molecular flexibility index (Phi) is 6.94. The summed E-state index contributed by atoms with van der Waals surface area (Å²) in [5.74, 6) is 0.888. The normalized spacial score (nSPS) is 10.6. The minimum Gasteiger partial charge on any atom is -0.489 e. The maximum atomic E-state index is 11.9. The second-order valence-corrected chi connectivity index (χ2v) is 6.94. The SMILES string of the molecule is CCc1ccc(OCc2cc(CC)cc(C)c2NC(=O)SC)c(C)c1. The molecule has 0 aliphatic carbocycles. The van der Waals surface area contributed by atoms with Gasteiger partial charge in [0.15, 0.2) is 0 Å². The molecule has 134 valence electrons. The number of nitrogens with one attached hydrogen (secondary N) is 1. The first-order chi connectivity index (χ1) is 12.0. The van der Waals surface area contributed by atoms with Crippen molar-refractivity contribution in [1.29, 1.82) is 0 Å². The molecule has 0 saturated heterocycles. The molecule has 0 unspecified atom stereocenters. The molecule has 0 saturated carbocycles. The van der Waals surface area contributed by atoms with Crippen molar-refractivity contribution in [3.63, 3.8) is 0 Å². The molecule has 4 heteroatoms. The fourth-order valence-corrected chi connectivity index (χ4v) is 3.04. The molecular formula is C21H27NO2S. The number of amides is 1. The van der Waals surface area contributed by atoms with Crippen molar-refractivity contribution in [2.45, 2.75) is 47.1 Å². The van der Waals surface area contributed by atoms with Gasteiger partial charge in [0.1, 0.15) is 12.4 Å². The van der Waals surface area contributed by atoms with Crippen molar-refractivity contribution in [3.05, 3.63) is 58.1 Å². The molecule has 0 aromatic heterocycles. The van der Waals surface area contributed by atoms with Gasteiger partial charge in [0.2, 0.25) is 0 Å². The molecule has 0 aliphatic heterocycles. The highest BCUT2D eigenvalue weighted by Gasteiger charge is 2.12. The van der Waals surface area contributed by atoms with Crippen LogP contribution in [-0.2, 0) is 19.4 Å². The lowest BCUT2D eigenvalue weighted by Gasteiger charge is -2.17. The fourth-order valence-electron chi connectivity index (χ4n) is 2.84. The van der Waals surface area contributed by atoms with E-state index in [9.17, 15) is 4.79 Å². The van der Waals surface area contributed by atoms with Crippen molar-refractivity contribution in [2.24, 2.45) is 0 Å². The molecule has 0 radical (unpaired) electrons. The number of anilines is 1. The first-order valence-electron chi connectivity index (χ1n) is 8.68. The maximum absolute atomic E-state index is 11.9. The number of aryl methyl sites for hydroxylation is 4. The molecule has 2 aromatic rings. The van der Waals surface area contributed by atoms with E-state index in [4.69, 9.17) is 4.74 Å². The van der Waals surface area contributed by atoms with E-state index in [-0.39, 0.29) is 5.24 Å². The zero-order chi connectivity index (χ0) is 18.4. The third-order valence-electron chi connectivity index (χ3n) is 4.33. The predicted octanol–water partition coefficient (Wildman–Crippen LogP) is 5.90. The van der Waals surface area contributed by atoms with Crippen LogP contribution in [0.5, 0.6) is 5.75 Å². The fraction of sp³-hybridized carbons (Fsp3) is 0.381. The summed E-state index contributed by atoms with van der Waals surface area (Å²) in [5, 5.41) is 2.93. The van der Waals surface area contributed by atoms with Gasteiger partial charge in [-0.25, -0.2) is 0 Å². The Hall–Kier alpha value is -1.94. The topological polar surface area (TPSA) is 38.3 Å². The summed E-state index contributed by atoms with van der Waals surface area (Å²) < 4.78 is 6.07. The van der Waals surface area contributed by atoms with Gasteiger partial charge in [-0.05, 0) is 61.3 Å². The summed E-state index contributed by atoms with van der Waals surface area (Å²) >= 11 is 1.18. The first kappa shape index (κ1) is 19.4. The Labute approximate surface area is 155 Å². The lowest BCUT2D eigenvalue weighted by atomic mass is 10.0. The highest BCUT2D eigenvalue weighted by Crippen LogP contribution is 2.27. The average molecular weight is 358 g/mol. The summed E-state index contributed by atoms with van der Waals surface area (Å²) in [7, 11) is 0. The quantitative estimate of drug-likeness (QED) is 0.699. The summed E-state index contributed by atoms with van der Waals surface area (Å²) in [4.78, 5) is 11.9. The molecule has 0 bridgehead atoms. The van der Waals surface area contributed by atoms with Crippen LogP contribution < -0.4 is 10.1 Å². The number of benzene rings is 2. The summed E-state index contributed by atoms with van der Waals surface area (Å²) in [6.45, 7) is 8.81. The molecule has 0 spiro atoms. The highest BCUT2D eigenvalue weighted by molar-refractivity contribution is 8.13. The average Bonchev–Trinajstić information content (AvgIpc) is 2.62. The largest absolute Gasteiger partial charge is 0.489 e. The molecule has 0 fully saturated rings. The van der Waals surface area contributed by atoms with Crippen LogP contribution in [0.25, 0.3) is 0 Å². The molecule has 2 rings (SSSR count). The Bertz CT molecular complexity index is 756. The van der Waals surface area contributed by atoms with Crippen LogP contribution in [0.2, 0.25) is 0 Å². The Morgan fingerprint density at radius 1 is 1.04 bits per heavy atom. The van der Waals surface area contributed by atoms with Gasteiger partial charge >= 0.3 is 0 Å². The smallest absolute Gasteiger partial charge is 0.283 e. The number of carbonyl (C=O) groups is 1. The maximum Gasteiger partial charge on any atom is 0.283 e. The number of ether oxygens (including phenoxy) is 1. The summed E-state index contributed by atoms with van der Waals surface area (Å²) in [6.07, 6.45) is 3.75. The van der Waals surface area contributed by atoms with Gasteiger partial charge in [-0.3, -0.25) is 4.79 Å². The Morgan fingerprint density at radius 3 is 2.32 bits per heavy atom. The second-order valence-electron chi connectivity index (χ2n) is 6.16. The standard InChI is InChI=1S/C21H27NO2S/c1-6-16-8-9-19(14(3)10-16)24-13-18-12-17(7-2)11-15(4)20(18)22-21(23)25-5/h8-12H,6-7,13H2,1-5H3,(H,22,23). The van der Waals surface area contributed by atoms with Gasteiger partial charge < -0.3 is 10.1 Å². The molecule has 1 amide bonds. The first-order valence-corrected chi connectivity index (χ1v) is 9.90. The van der Waals surface area contributed by atoms with E-state index in [2.05, 4.69) is 50.4 Å². The van der Waals surface area contributed by atoms with Crippen LogP contribution >= 0.6 is 11.8 Å². The Morgan fingerprint density at radius 2 is 1.72 bits per heavy atom. The predicted molar refractivity (Wildman–Crippen MR) is 108 cm³/mol. The van der Waals surface area contributed by atoms with E-state index in [1.807, 2.05) is 13.0 Å². The van der Waals surface area contributed by atoms with Crippen molar-refractivity contribution in [2.75, 3.05) is 11.6 Å². The van der Waals surface area contributed by atoms with Gasteiger partial charge in [0, 0.05) is 5.56 Å². The third kappa shape index (κ3) is 5.02. The van der Waals surface area contributed by atoms with Crippen LogP contribution in [0.3, 0.4) is 0 Å². The summed E-state index contributed by atoms with van der Waals surface area (Å²) in [5.41, 5.74) is 6.63. The van der Waals surface area contributed by atoms with E-state index < -0.39 is 0 Å². The number of hydrogen-bond donors (Lipinski definition) is 1. The van der Waals surface area contributed by atoms with Crippen molar-refractivity contribution >= 4 is 22.7 Å². The number of rotatable bonds is 6. The van der Waals surface area contributed by atoms with Crippen LogP contribution in [-0.4, -0.2) is 11.5 Å². The number of thioether (sulfide) groups is 1. The zero-order valence-electron chi connectivity index (χ0n) is 15.7. The van der Waals surface area contributed by atoms with Crippen molar-refractivity contribution in [3.8, 4) is 5.75 Å². The van der Waals surface area contributed by atoms with E-state index in [1.165, 1.54) is 22.9 Å². The van der Waals surface area contributed by atoms with Gasteiger partial charge in [-0.15, -0.1) is 0 Å². The van der Waals surface area contributed by atoms with Gasteiger partial charge in [0.25, 0.3) is 5.24 Å². The molecular weight excluding hydrogens is 330 g/mol. The van der Waals surface area contributed by atoms with Crippen LogP contribution in [0, 0.1) is 13.8 Å². The van der Waals surface area contributed by atoms with E-state index in [1.54, 1.807) is 6.26 Å². The van der Waals surface area contributed by atoms with Crippen molar-refractivity contribution in [1.82, 2.24) is 0 Å². The van der Waals surface area contributed by atoms with Crippen LogP contribution in [0.15, 0.2) is 30.3 Å². The zero-order valence-corrected chi connectivity index (χ0v) is 16.5. The molecule has 2 aromatic carbocycles. The van der Waals surface area contributed by atoms with E-state index in [0.717, 1.165) is 41.0 Å².